The van der Waals surface area contributed by atoms with Gasteiger partial charge in [0.2, 0.25) is 0 Å². The summed E-state index contributed by atoms with van der Waals surface area (Å²) in [6.07, 6.45) is 6.44. The molecule has 1 aromatic rings. The molecule has 1 N–H and O–H groups in total. The van der Waals surface area contributed by atoms with Gasteiger partial charge in [0.1, 0.15) is 0 Å². The van der Waals surface area contributed by atoms with E-state index in [0.717, 1.165) is 11.8 Å². The molecule has 0 saturated heterocycles. The van der Waals surface area contributed by atoms with Crippen molar-refractivity contribution >= 4 is 20.9 Å². The van der Waals surface area contributed by atoms with Gasteiger partial charge in [-0.05, 0) is 0 Å². The van der Waals surface area contributed by atoms with Crippen molar-refractivity contribution in [3.8, 4) is 0 Å². The van der Waals surface area contributed by atoms with E-state index in [9.17, 15) is 4.79 Å². The zero-order chi connectivity index (χ0) is 21.2. The molecule has 6 rings (SSSR count). The van der Waals surface area contributed by atoms with Crippen molar-refractivity contribution in [2.24, 2.45) is 29.1 Å². The molecule has 30 heavy (non-hydrogen) atoms. The summed E-state index contributed by atoms with van der Waals surface area (Å²) in [6, 6.07) is 11.2. The maximum absolute atomic E-state index is 14.0. The van der Waals surface area contributed by atoms with Crippen molar-refractivity contribution in [1.82, 2.24) is 3.26 Å². The second kappa shape index (κ2) is 7.87. The van der Waals surface area contributed by atoms with Gasteiger partial charge >= 0.3 is 193 Å². The molecule has 0 spiro atoms. The van der Waals surface area contributed by atoms with E-state index in [1.165, 1.54) is 48.8 Å². The van der Waals surface area contributed by atoms with Crippen LogP contribution in [0.25, 0.3) is 0 Å². The van der Waals surface area contributed by atoms with Crippen LogP contribution in [0.3, 0.4) is 0 Å². The van der Waals surface area contributed by atoms with Crippen LogP contribution in [0.2, 0.25) is 5.76 Å². The van der Waals surface area contributed by atoms with Crippen molar-refractivity contribution in [2.75, 3.05) is 0 Å². The van der Waals surface area contributed by atoms with E-state index in [1.54, 1.807) is 7.68 Å². The Kier molecular flexibility index (Phi) is 5.63. The molecule has 0 aliphatic heterocycles. The molecule has 0 aromatic heterocycles. The number of hydrogen-bond donors (Lipinski definition) is 1. The van der Waals surface area contributed by atoms with Gasteiger partial charge in [0.25, 0.3) is 0 Å². The summed E-state index contributed by atoms with van der Waals surface area (Å²) in [4.78, 5) is 14.0. The molecule has 4 saturated carbocycles. The van der Waals surface area contributed by atoms with Crippen LogP contribution < -0.4 is 7.66 Å². The summed E-state index contributed by atoms with van der Waals surface area (Å²) < 4.78 is 7.26. The van der Waals surface area contributed by atoms with Crippen molar-refractivity contribution in [2.45, 2.75) is 65.6 Å². The van der Waals surface area contributed by atoms with Gasteiger partial charge in [-0.2, -0.15) is 0 Å². The Hall–Kier alpha value is -0.404. The minimum absolute atomic E-state index is 0.00582. The first-order chi connectivity index (χ1) is 14.3. The van der Waals surface area contributed by atoms with Gasteiger partial charge < -0.3 is 0 Å². The number of hydrogen-bond acceptors (Lipinski definition) is 1. The maximum atomic E-state index is 14.0. The molecule has 4 unspecified atom stereocenters. The Bertz CT molecular complexity index is 922. The van der Waals surface area contributed by atoms with E-state index < -0.39 is 30.1 Å². The molecule has 1 aromatic carbocycles. The van der Waals surface area contributed by atoms with Crippen LogP contribution in [0.1, 0.15) is 59.8 Å². The number of allylic oxidation sites excluding steroid dienone is 4. The van der Waals surface area contributed by atoms with E-state index in [4.69, 9.17) is 0 Å². The fourth-order valence-corrected chi connectivity index (χ4v) is 38.9. The van der Waals surface area contributed by atoms with Crippen LogP contribution in [0.5, 0.6) is 0 Å². The average molecular weight is 542 g/mol. The van der Waals surface area contributed by atoms with E-state index >= 15 is 0 Å². The van der Waals surface area contributed by atoms with E-state index in [-0.39, 0.29) is 5.41 Å². The SMILES string of the molecule is CC1=C(C)C(C)[C]([Zr]([NH]C(=O)C23CC4CC(CC2C4)C3)[GeH]([CH3])[c]2ccccc2)=C1C. The van der Waals surface area contributed by atoms with Crippen LogP contribution >= 0.6 is 0 Å². The molecule has 1 amide bonds. The Morgan fingerprint density at radius 1 is 1.03 bits per heavy atom. The molecule has 5 aliphatic rings. The monoisotopic (exact) mass is 542 g/mol. The molecule has 2 nitrogen and oxygen atoms in total. The third-order valence-corrected chi connectivity index (χ3v) is 39.7. The predicted molar refractivity (Wildman–Crippen MR) is 123 cm³/mol. The minimum atomic E-state index is -2.30. The summed E-state index contributed by atoms with van der Waals surface area (Å²) in [5.41, 5.74) is 4.56. The molecular weight excluding hydrogens is 506 g/mol. The first-order valence-corrected chi connectivity index (χ1v) is 26.6. The van der Waals surface area contributed by atoms with Gasteiger partial charge in [0.05, 0.1) is 0 Å². The second-order valence-corrected chi connectivity index (χ2v) is 37.4. The van der Waals surface area contributed by atoms with Gasteiger partial charge in [0, 0.05) is 0 Å². The number of carbonyl (C=O) groups is 1. The van der Waals surface area contributed by atoms with Crippen LogP contribution in [0, 0.1) is 29.1 Å². The Balaban J connectivity index is 1.49. The summed E-state index contributed by atoms with van der Waals surface area (Å²) in [5.74, 6) is 5.96. The Morgan fingerprint density at radius 3 is 2.23 bits per heavy atom. The van der Waals surface area contributed by atoms with Gasteiger partial charge in [-0.15, -0.1) is 0 Å². The predicted octanol–water partition coefficient (Wildman–Crippen LogP) is 4.98. The topological polar surface area (TPSA) is 29.1 Å². The third kappa shape index (κ3) is 3.24. The van der Waals surface area contributed by atoms with Crippen molar-refractivity contribution in [3.05, 3.63) is 50.3 Å². The zero-order valence-electron chi connectivity index (χ0n) is 19.2. The third-order valence-electron chi connectivity index (χ3n) is 9.35. The summed E-state index contributed by atoms with van der Waals surface area (Å²) >= 11 is -2.30. The normalized spacial score (nSPS) is 35.4. The summed E-state index contributed by atoms with van der Waals surface area (Å²) in [5, 5.41) is 0. The number of rotatable bonds is 5. The number of nitrogens with one attached hydrogen (secondary N) is 1. The van der Waals surface area contributed by atoms with E-state index in [2.05, 4.69) is 67.0 Å². The standard InChI is InChI=1S/C10H15NO.C9H13.C7H9Ge.Zr/c11-9(12)10-4-6-1-7(5-10)3-8(10)2-6;1-6-5-7(2)9(4)8(6)3;1-8-7-5-3-2-4-6-7;/h6-8H,1-5H2,(H2,11,12);6H,1-4H3;2-6,8H,1H3;/q;;;+1/p-1. The van der Waals surface area contributed by atoms with Gasteiger partial charge in [-0.25, -0.2) is 0 Å². The van der Waals surface area contributed by atoms with Crippen LogP contribution in [-0.2, 0) is 24.3 Å². The van der Waals surface area contributed by atoms with Crippen LogP contribution in [0.15, 0.2) is 50.3 Å². The van der Waals surface area contributed by atoms with Gasteiger partial charge in [-0.1, -0.05) is 0 Å². The average Bonchev–Trinajstić information content (AvgIpc) is 3.23. The fourth-order valence-electron chi connectivity index (χ4n) is 7.53. The number of amides is 1. The molecular formula is C26H36GeNOZr. The molecule has 4 fully saturated rings. The second-order valence-electron chi connectivity index (χ2n) is 10.8. The molecule has 0 radical (unpaired) electrons. The molecule has 4 atom stereocenters. The Morgan fingerprint density at radius 2 is 1.67 bits per heavy atom. The molecule has 4 heteroatoms. The van der Waals surface area contributed by atoms with Gasteiger partial charge in [0.15, 0.2) is 0 Å². The molecule has 5 aliphatic carbocycles. The molecule has 159 valence electrons. The summed E-state index contributed by atoms with van der Waals surface area (Å²) in [6.45, 7) is 9.35. The molecule has 4 bridgehead atoms. The summed E-state index contributed by atoms with van der Waals surface area (Å²) in [7, 11) is -1.81. The van der Waals surface area contributed by atoms with Gasteiger partial charge in [-0.3, -0.25) is 0 Å². The quantitative estimate of drug-likeness (QED) is 0.523. The van der Waals surface area contributed by atoms with E-state index in [0.29, 0.717) is 17.7 Å². The van der Waals surface area contributed by atoms with Crippen molar-refractivity contribution in [1.29, 1.82) is 0 Å². The number of carbonyl (C=O) groups excluding carboxylic acids is 1. The fraction of sp³-hybridized carbons (Fsp3) is 0.577. The Labute approximate surface area is 192 Å². The molecule has 0 heterocycles. The van der Waals surface area contributed by atoms with Crippen molar-refractivity contribution in [3.63, 3.8) is 0 Å². The van der Waals surface area contributed by atoms with Crippen molar-refractivity contribution < 1.29 is 24.3 Å². The zero-order valence-corrected chi connectivity index (χ0v) is 24.1. The first-order valence-electron chi connectivity index (χ1n) is 11.9. The van der Waals surface area contributed by atoms with Crippen LogP contribution in [0.4, 0.5) is 0 Å². The van der Waals surface area contributed by atoms with Crippen LogP contribution in [-0.4, -0.2) is 16.5 Å². The number of benzene rings is 1. The first kappa shape index (κ1) is 21.4. The van der Waals surface area contributed by atoms with E-state index in [1.807, 2.05) is 0 Å².